The molecule has 1 aliphatic rings. The van der Waals surface area contributed by atoms with Crippen molar-refractivity contribution in [2.45, 2.75) is 31.7 Å². The highest BCUT2D eigenvalue weighted by atomic mass is 127. The molecule has 2 aromatic rings. The molecule has 0 radical (unpaired) electrons. The van der Waals surface area contributed by atoms with Gasteiger partial charge in [0, 0.05) is 38.9 Å². The second-order valence-corrected chi connectivity index (χ2v) is 7.51. The lowest BCUT2D eigenvalue weighted by atomic mass is 10.0. The first-order valence-corrected chi connectivity index (χ1v) is 10.5. The number of ether oxygens (including phenoxy) is 1. The molecule has 1 atom stereocenters. The van der Waals surface area contributed by atoms with Gasteiger partial charge < -0.3 is 15.4 Å². The minimum Gasteiger partial charge on any atom is -0.496 e. The van der Waals surface area contributed by atoms with Crippen molar-refractivity contribution in [1.29, 1.82) is 0 Å². The molecule has 1 unspecified atom stereocenters. The molecule has 8 heteroatoms. The van der Waals surface area contributed by atoms with E-state index >= 15 is 0 Å². The zero-order chi connectivity index (χ0) is 20.5. The summed E-state index contributed by atoms with van der Waals surface area (Å²) in [6.45, 7) is 3.92. The number of rotatable bonds is 9. The fraction of sp³-hybridized carbons (Fsp3) is 0.545. The number of nitrogens with one attached hydrogen (secondary N) is 2. The number of likely N-dealkylation sites (tertiary alicyclic amines) is 1. The predicted octanol–water partition coefficient (Wildman–Crippen LogP) is 2.98. The number of guanidine groups is 1. The maximum atomic E-state index is 5.64. The van der Waals surface area contributed by atoms with Crippen LogP contribution in [0.15, 0.2) is 41.7 Å². The van der Waals surface area contributed by atoms with Crippen LogP contribution < -0.4 is 15.4 Å². The molecule has 166 valence electrons. The van der Waals surface area contributed by atoms with E-state index in [0.717, 1.165) is 50.7 Å². The number of nitrogens with zero attached hydrogens (tertiary/aromatic N) is 4. The van der Waals surface area contributed by atoms with Crippen molar-refractivity contribution in [3.63, 3.8) is 0 Å². The molecule has 1 fully saturated rings. The Morgan fingerprint density at radius 2 is 2.00 bits per heavy atom. The van der Waals surface area contributed by atoms with Gasteiger partial charge in [-0.1, -0.05) is 18.2 Å². The van der Waals surface area contributed by atoms with Crippen LogP contribution in [0.2, 0.25) is 0 Å². The first kappa shape index (κ1) is 24.5. The van der Waals surface area contributed by atoms with Crippen molar-refractivity contribution in [2.24, 2.45) is 12.0 Å². The summed E-state index contributed by atoms with van der Waals surface area (Å²) in [5.74, 6) is 1.79. The van der Waals surface area contributed by atoms with E-state index in [1.54, 1.807) is 7.11 Å². The van der Waals surface area contributed by atoms with Gasteiger partial charge in [0.2, 0.25) is 0 Å². The number of para-hydroxylation sites is 1. The summed E-state index contributed by atoms with van der Waals surface area (Å²) in [4.78, 5) is 6.94. The number of methoxy groups -OCH3 is 1. The van der Waals surface area contributed by atoms with Crippen molar-refractivity contribution in [3.8, 4) is 5.75 Å². The van der Waals surface area contributed by atoms with Crippen molar-refractivity contribution in [1.82, 2.24) is 25.3 Å². The summed E-state index contributed by atoms with van der Waals surface area (Å²) in [5.41, 5.74) is 2.50. The summed E-state index contributed by atoms with van der Waals surface area (Å²) in [7, 11) is 5.52. The average Bonchev–Trinajstić information content (AvgIpc) is 3.42. The monoisotopic (exact) mass is 526 g/mol. The fourth-order valence-corrected chi connectivity index (χ4v) is 3.94. The van der Waals surface area contributed by atoms with E-state index in [-0.39, 0.29) is 30.0 Å². The van der Waals surface area contributed by atoms with E-state index in [2.05, 4.69) is 44.0 Å². The van der Waals surface area contributed by atoms with Crippen LogP contribution in [0.4, 0.5) is 0 Å². The molecule has 0 bridgehead atoms. The highest BCUT2D eigenvalue weighted by molar-refractivity contribution is 14.0. The first-order chi connectivity index (χ1) is 14.2. The standard InChI is InChI=1S/C22H34N6O.HI/c1-23-22(24-12-8-9-18-15-26-27(2)17-18)25-16-20(28-13-6-7-14-28)19-10-4-5-11-21(19)29-3;/h4-5,10-11,15,17,20H,6-9,12-14,16H2,1-3H3,(H2,23,24,25);1H. The van der Waals surface area contributed by atoms with E-state index in [1.807, 2.05) is 37.1 Å². The van der Waals surface area contributed by atoms with E-state index in [1.165, 1.54) is 24.0 Å². The van der Waals surface area contributed by atoms with Crippen LogP contribution in [0.1, 0.15) is 36.4 Å². The number of aromatic nitrogens is 2. The Kier molecular flexibility index (Phi) is 10.4. The van der Waals surface area contributed by atoms with E-state index in [9.17, 15) is 0 Å². The third-order valence-corrected chi connectivity index (χ3v) is 5.46. The van der Waals surface area contributed by atoms with Crippen LogP contribution in [0.5, 0.6) is 5.75 Å². The van der Waals surface area contributed by atoms with Crippen molar-refractivity contribution in [3.05, 3.63) is 47.8 Å². The van der Waals surface area contributed by atoms with Gasteiger partial charge in [-0.2, -0.15) is 5.10 Å². The van der Waals surface area contributed by atoms with Crippen LogP contribution in [0, 0.1) is 0 Å². The normalized spacial score (nSPS) is 15.5. The molecule has 0 amide bonds. The third kappa shape index (κ3) is 6.87. The molecule has 1 saturated heterocycles. The Labute approximate surface area is 197 Å². The summed E-state index contributed by atoms with van der Waals surface area (Å²) < 4.78 is 7.48. The summed E-state index contributed by atoms with van der Waals surface area (Å²) in [5, 5.41) is 11.2. The molecule has 2 N–H and O–H groups in total. The quantitative estimate of drug-likeness (QED) is 0.228. The second-order valence-electron chi connectivity index (χ2n) is 7.51. The Bertz CT molecular complexity index is 787. The van der Waals surface area contributed by atoms with Crippen LogP contribution in [0.25, 0.3) is 0 Å². The second kappa shape index (κ2) is 12.8. The Hall–Kier alpha value is -1.81. The molecule has 0 saturated carbocycles. The molecule has 2 heterocycles. The largest absolute Gasteiger partial charge is 0.496 e. The van der Waals surface area contributed by atoms with Gasteiger partial charge in [-0.15, -0.1) is 24.0 Å². The van der Waals surface area contributed by atoms with Crippen molar-refractivity contribution < 1.29 is 4.74 Å². The highest BCUT2D eigenvalue weighted by Crippen LogP contribution is 2.31. The average molecular weight is 526 g/mol. The number of aliphatic imine (C=N–C) groups is 1. The van der Waals surface area contributed by atoms with Gasteiger partial charge >= 0.3 is 0 Å². The third-order valence-electron chi connectivity index (χ3n) is 5.46. The minimum atomic E-state index is 0. The zero-order valence-corrected chi connectivity index (χ0v) is 20.6. The minimum absolute atomic E-state index is 0. The maximum absolute atomic E-state index is 5.64. The van der Waals surface area contributed by atoms with Gasteiger partial charge in [-0.25, -0.2) is 0 Å². The lowest BCUT2D eigenvalue weighted by Crippen LogP contribution is -2.43. The fourth-order valence-electron chi connectivity index (χ4n) is 3.94. The van der Waals surface area contributed by atoms with Gasteiger partial charge in [0.15, 0.2) is 5.96 Å². The molecule has 7 nitrogen and oxygen atoms in total. The van der Waals surface area contributed by atoms with Crippen molar-refractivity contribution in [2.75, 3.05) is 40.3 Å². The summed E-state index contributed by atoms with van der Waals surface area (Å²) in [6, 6.07) is 8.60. The highest BCUT2D eigenvalue weighted by Gasteiger charge is 2.25. The van der Waals surface area contributed by atoms with E-state index in [4.69, 9.17) is 4.74 Å². The SMILES string of the molecule is CN=C(NCCCc1cnn(C)c1)NCC(c1ccccc1OC)N1CCCC1.I. The van der Waals surface area contributed by atoms with Crippen LogP contribution in [0.3, 0.4) is 0 Å². The van der Waals surface area contributed by atoms with E-state index < -0.39 is 0 Å². The Balaban J connectivity index is 0.00000320. The zero-order valence-electron chi connectivity index (χ0n) is 18.3. The van der Waals surface area contributed by atoms with Gasteiger partial charge in [0.05, 0.1) is 19.3 Å². The number of aryl methyl sites for hydroxylation is 2. The van der Waals surface area contributed by atoms with Gasteiger partial charge in [0.25, 0.3) is 0 Å². The Morgan fingerprint density at radius 1 is 1.23 bits per heavy atom. The van der Waals surface area contributed by atoms with Crippen molar-refractivity contribution >= 4 is 29.9 Å². The summed E-state index contributed by atoms with van der Waals surface area (Å²) in [6.07, 6.45) is 8.56. The van der Waals surface area contributed by atoms with Crippen LogP contribution in [-0.2, 0) is 13.5 Å². The molecule has 1 aromatic heterocycles. The topological polar surface area (TPSA) is 66.7 Å². The van der Waals surface area contributed by atoms with Gasteiger partial charge in [0.1, 0.15) is 5.75 Å². The summed E-state index contributed by atoms with van der Waals surface area (Å²) >= 11 is 0. The Morgan fingerprint density at radius 3 is 2.67 bits per heavy atom. The molecule has 1 aliphatic heterocycles. The number of benzene rings is 1. The molecular formula is C22H35IN6O. The number of hydrogen-bond acceptors (Lipinski definition) is 4. The lowest BCUT2D eigenvalue weighted by Gasteiger charge is -2.30. The van der Waals surface area contributed by atoms with Crippen LogP contribution in [-0.4, -0.2) is 61.0 Å². The molecule has 0 spiro atoms. The lowest BCUT2D eigenvalue weighted by molar-refractivity contribution is 0.239. The smallest absolute Gasteiger partial charge is 0.191 e. The first-order valence-electron chi connectivity index (χ1n) is 10.5. The maximum Gasteiger partial charge on any atom is 0.191 e. The molecular weight excluding hydrogens is 491 g/mol. The van der Waals surface area contributed by atoms with E-state index in [0.29, 0.717) is 0 Å². The molecule has 3 rings (SSSR count). The van der Waals surface area contributed by atoms with Crippen LogP contribution >= 0.6 is 24.0 Å². The molecule has 1 aromatic carbocycles. The number of hydrogen-bond donors (Lipinski definition) is 2. The molecule has 30 heavy (non-hydrogen) atoms. The number of halogens is 1. The molecule has 0 aliphatic carbocycles. The van der Waals surface area contributed by atoms with Gasteiger partial charge in [-0.05, 0) is 50.4 Å². The van der Waals surface area contributed by atoms with Gasteiger partial charge in [-0.3, -0.25) is 14.6 Å². The predicted molar refractivity (Wildman–Crippen MR) is 133 cm³/mol.